The second kappa shape index (κ2) is 4.73. The van der Waals surface area contributed by atoms with Gasteiger partial charge in [-0.1, -0.05) is 0 Å². The summed E-state index contributed by atoms with van der Waals surface area (Å²) in [6.07, 6.45) is -4.44. The monoisotopic (exact) mass is 284 g/mol. The molecule has 0 aliphatic carbocycles. The number of aromatic nitrogens is 2. The van der Waals surface area contributed by atoms with Gasteiger partial charge in [0.15, 0.2) is 0 Å². The van der Waals surface area contributed by atoms with Crippen LogP contribution in [0.4, 0.5) is 13.2 Å². The lowest BCUT2D eigenvalue weighted by Gasteiger charge is -2.11. The first-order chi connectivity index (χ1) is 9.20. The third-order valence-corrected chi connectivity index (χ3v) is 2.99. The highest BCUT2D eigenvalue weighted by Crippen LogP contribution is 2.32. The van der Waals surface area contributed by atoms with Crippen LogP contribution < -0.4 is 0 Å². The predicted molar refractivity (Wildman–Crippen MR) is 65.3 cm³/mol. The molecule has 20 heavy (non-hydrogen) atoms. The molecule has 106 valence electrons. The summed E-state index contributed by atoms with van der Waals surface area (Å²) in [4.78, 5) is 18.9. The first-order valence-electron chi connectivity index (χ1n) is 5.78. The van der Waals surface area contributed by atoms with Gasteiger partial charge in [0.25, 0.3) is 0 Å². The molecule has 0 saturated heterocycles. The molecule has 1 aromatic carbocycles. The molecule has 0 amide bonds. The first kappa shape index (κ1) is 14.2. The summed E-state index contributed by atoms with van der Waals surface area (Å²) >= 11 is 0. The molecule has 1 unspecified atom stereocenters. The number of aryl methyl sites for hydroxylation is 1. The second-order valence-electron chi connectivity index (χ2n) is 4.46. The van der Waals surface area contributed by atoms with Crippen molar-refractivity contribution in [3.05, 3.63) is 35.3 Å². The van der Waals surface area contributed by atoms with Gasteiger partial charge < -0.3 is 5.11 Å². The molecule has 1 aromatic heterocycles. The Hall–Kier alpha value is -2.18. The van der Waals surface area contributed by atoms with Gasteiger partial charge in [-0.15, -0.1) is 0 Å². The third-order valence-electron chi connectivity index (χ3n) is 2.99. The number of carbonyl (C=O) groups is 1. The van der Waals surface area contributed by atoms with Crippen LogP contribution in [-0.2, 0) is 11.0 Å². The number of nitrogens with zero attached hydrogens (tertiary/aromatic N) is 2. The Bertz CT molecular complexity index is 683. The van der Waals surface area contributed by atoms with E-state index in [1.54, 1.807) is 0 Å². The highest BCUT2D eigenvalue weighted by molar-refractivity contribution is 5.82. The Morgan fingerprint density at radius 3 is 2.50 bits per heavy atom. The normalized spacial score (nSPS) is 13.4. The summed E-state index contributed by atoms with van der Waals surface area (Å²) in [5.41, 5.74) is -0.159. The largest absolute Gasteiger partial charge is 0.481 e. The summed E-state index contributed by atoms with van der Waals surface area (Å²) in [5, 5.41) is 9.19. The second-order valence-corrected chi connectivity index (χ2v) is 4.46. The summed E-state index contributed by atoms with van der Waals surface area (Å²) in [6.45, 7) is 2.95. The van der Waals surface area contributed by atoms with Crippen molar-refractivity contribution in [1.29, 1.82) is 0 Å². The number of rotatable bonds is 2. The van der Waals surface area contributed by atoms with E-state index in [9.17, 15) is 18.0 Å². The smallest absolute Gasteiger partial charge is 0.416 e. The summed E-state index contributed by atoms with van der Waals surface area (Å²) in [5.74, 6) is -1.92. The van der Waals surface area contributed by atoms with Crippen molar-refractivity contribution in [2.75, 3.05) is 0 Å². The topological polar surface area (TPSA) is 63.1 Å². The maximum Gasteiger partial charge on any atom is 0.416 e. The van der Waals surface area contributed by atoms with Crippen molar-refractivity contribution in [3.63, 3.8) is 0 Å². The molecule has 1 heterocycles. The van der Waals surface area contributed by atoms with Gasteiger partial charge in [0, 0.05) is 11.1 Å². The Labute approximate surface area is 112 Å². The maximum atomic E-state index is 12.6. The molecule has 4 nitrogen and oxygen atoms in total. The quantitative estimate of drug-likeness (QED) is 0.920. The highest BCUT2D eigenvalue weighted by atomic mass is 19.4. The van der Waals surface area contributed by atoms with Gasteiger partial charge in [-0.05, 0) is 32.0 Å². The Morgan fingerprint density at radius 2 is 1.95 bits per heavy atom. The number of aliphatic carboxylic acids is 1. The molecule has 0 radical (unpaired) electrons. The predicted octanol–water partition coefficient (Wildman–Crippen LogP) is 3.15. The number of alkyl halides is 3. The van der Waals surface area contributed by atoms with Crippen LogP contribution in [0.3, 0.4) is 0 Å². The zero-order valence-corrected chi connectivity index (χ0v) is 10.7. The molecule has 1 atom stereocenters. The van der Waals surface area contributed by atoms with E-state index in [1.165, 1.54) is 19.9 Å². The van der Waals surface area contributed by atoms with Gasteiger partial charge in [0.1, 0.15) is 11.7 Å². The lowest BCUT2D eigenvalue weighted by molar-refractivity contribution is -0.139. The van der Waals surface area contributed by atoms with Crippen molar-refractivity contribution in [3.8, 4) is 0 Å². The van der Waals surface area contributed by atoms with Crippen LogP contribution in [0.1, 0.15) is 29.9 Å². The van der Waals surface area contributed by atoms with E-state index in [0.29, 0.717) is 11.2 Å². The van der Waals surface area contributed by atoms with Crippen LogP contribution >= 0.6 is 0 Å². The summed E-state index contributed by atoms with van der Waals surface area (Å²) < 4.78 is 37.9. The molecule has 7 heteroatoms. The van der Waals surface area contributed by atoms with Crippen LogP contribution in [0, 0.1) is 6.92 Å². The SMILES string of the molecule is Cc1nc(C(C)C(=O)O)nc2ccc(C(F)(F)F)cc12. The minimum absolute atomic E-state index is 0.0854. The third kappa shape index (κ3) is 2.56. The van der Waals surface area contributed by atoms with Gasteiger partial charge >= 0.3 is 12.1 Å². The Kier molecular flexibility index (Phi) is 3.37. The van der Waals surface area contributed by atoms with E-state index >= 15 is 0 Å². The lowest BCUT2D eigenvalue weighted by atomic mass is 10.1. The van der Waals surface area contributed by atoms with E-state index < -0.39 is 23.6 Å². The van der Waals surface area contributed by atoms with Crippen LogP contribution in [0.2, 0.25) is 0 Å². The summed E-state index contributed by atoms with van der Waals surface area (Å²) in [6, 6.07) is 3.12. The van der Waals surface area contributed by atoms with Crippen molar-refractivity contribution >= 4 is 16.9 Å². The molecule has 0 saturated carbocycles. The van der Waals surface area contributed by atoms with E-state index in [1.807, 2.05) is 0 Å². The molecule has 1 N–H and O–H groups in total. The molecule has 0 bridgehead atoms. The van der Waals surface area contributed by atoms with Crippen molar-refractivity contribution in [1.82, 2.24) is 9.97 Å². The summed E-state index contributed by atoms with van der Waals surface area (Å²) in [7, 11) is 0. The number of carboxylic acids is 1. The van der Waals surface area contributed by atoms with Crippen LogP contribution in [-0.4, -0.2) is 21.0 Å². The van der Waals surface area contributed by atoms with Crippen LogP contribution in [0.5, 0.6) is 0 Å². The van der Waals surface area contributed by atoms with Gasteiger partial charge in [-0.3, -0.25) is 4.79 Å². The Balaban J connectivity index is 2.61. The first-order valence-corrected chi connectivity index (χ1v) is 5.78. The molecule has 2 aromatic rings. The number of benzene rings is 1. The minimum Gasteiger partial charge on any atom is -0.481 e. The number of fused-ring (bicyclic) bond motifs is 1. The zero-order valence-electron chi connectivity index (χ0n) is 10.7. The van der Waals surface area contributed by atoms with E-state index in [2.05, 4.69) is 9.97 Å². The van der Waals surface area contributed by atoms with Crippen LogP contribution in [0.25, 0.3) is 10.9 Å². The number of hydrogen-bond acceptors (Lipinski definition) is 3. The highest BCUT2D eigenvalue weighted by Gasteiger charge is 2.31. The molecule has 2 rings (SSSR count). The average molecular weight is 284 g/mol. The molecule has 0 spiro atoms. The van der Waals surface area contributed by atoms with Gasteiger partial charge in [-0.2, -0.15) is 13.2 Å². The van der Waals surface area contributed by atoms with Gasteiger partial charge in [0.2, 0.25) is 0 Å². The number of hydrogen-bond donors (Lipinski definition) is 1. The Morgan fingerprint density at radius 1 is 1.30 bits per heavy atom. The van der Waals surface area contributed by atoms with Crippen molar-refractivity contribution in [2.45, 2.75) is 25.9 Å². The molecular formula is C13H11F3N2O2. The van der Waals surface area contributed by atoms with E-state index in [0.717, 1.165) is 12.1 Å². The van der Waals surface area contributed by atoms with Gasteiger partial charge in [0.05, 0.1) is 11.1 Å². The maximum absolute atomic E-state index is 12.6. The van der Waals surface area contributed by atoms with Crippen molar-refractivity contribution in [2.24, 2.45) is 0 Å². The average Bonchev–Trinajstić information content (AvgIpc) is 2.36. The number of carboxylic acid groups (broad SMARTS) is 1. The van der Waals surface area contributed by atoms with Crippen molar-refractivity contribution < 1.29 is 23.1 Å². The lowest BCUT2D eigenvalue weighted by Crippen LogP contribution is -2.12. The number of halogens is 3. The van der Waals surface area contributed by atoms with Gasteiger partial charge in [-0.25, -0.2) is 9.97 Å². The fraction of sp³-hybridized carbons (Fsp3) is 0.308. The fourth-order valence-electron chi connectivity index (χ4n) is 1.78. The zero-order chi connectivity index (χ0) is 15.1. The molecule has 0 aliphatic heterocycles. The standard InChI is InChI=1S/C13H11F3N2O2/c1-6(12(19)20)11-17-7(2)9-5-8(13(14,15)16)3-4-10(9)18-11/h3-6H,1-2H3,(H,19,20). The van der Waals surface area contributed by atoms with Crippen LogP contribution in [0.15, 0.2) is 18.2 Å². The van der Waals surface area contributed by atoms with E-state index in [4.69, 9.17) is 5.11 Å². The molecule has 0 aliphatic rings. The fourth-order valence-corrected chi connectivity index (χ4v) is 1.78. The molecule has 0 fully saturated rings. The minimum atomic E-state index is -4.44. The molecular weight excluding hydrogens is 273 g/mol. The van der Waals surface area contributed by atoms with E-state index in [-0.39, 0.29) is 11.2 Å².